The molecular weight excluding hydrogens is 398 g/mol. The lowest BCUT2D eigenvalue weighted by Crippen LogP contribution is -2.45. The van der Waals surface area contributed by atoms with Crippen molar-refractivity contribution < 1.29 is 24.6 Å². The minimum atomic E-state index is -1.13. The zero-order valence-electron chi connectivity index (χ0n) is 14.4. The quantitative estimate of drug-likeness (QED) is 0.554. The molecule has 6 nitrogen and oxygen atoms in total. The van der Waals surface area contributed by atoms with E-state index in [9.17, 15) is 19.5 Å². The number of hydrogen-bond donors (Lipinski definition) is 2. The largest absolute Gasteiger partial charge is 0.480 e. The van der Waals surface area contributed by atoms with Crippen molar-refractivity contribution in [2.24, 2.45) is 0 Å². The summed E-state index contributed by atoms with van der Waals surface area (Å²) in [5, 5.41) is 18.6. The summed E-state index contributed by atoms with van der Waals surface area (Å²) < 4.78 is 0.182. The van der Waals surface area contributed by atoms with Crippen LogP contribution in [-0.2, 0) is 16.0 Å². The highest BCUT2D eigenvalue weighted by Gasteiger charge is 2.40. The van der Waals surface area contributed by atoms with Crippen molar-refractivity contribution in [3.05, 3.63) is 76.2 Å². The molecule has 2 N–H and O–H groups in total. The van der Waals surface area contributed by atoms with E-state index >= 15 is 0 Å². The molecule has 0 unspecified atom stereocenters. The number of nitrogens with zero attached hydrogens (tertiary/aromatic N) is 1. The van der Waals surface area contributed by atoms with Crippen molar-refractivity contribution >= 4 is 52.2 Å². The van der Waals surface area contributed by atoms with Crippen LogP contribution >= 0.6 is 24.0 Å². The molecule has 1 amide bonds. The summed E-state index contributed by atoms with van der Waals surface area (Å²) in [7, 11) is 0. The number of benzene rings is 2. The van der Waals surface area contributed by atoms with Gasteiger partial charge in [0, 0.05) is 6.42 Å². The molecule has 0 radical (unpaired) electrons. The second-order valence-electron chi connectivity index (χ2n) is 6.02. The van der Waals surface area contributed by atoms with E-state index in [1.54, 1.807) is 42.5 Å². The van der Waals surface area contributed by atoms with Crippen LogP contribution in [0.25, 0.3) is 6.08 Å². The Hall–Kier alpha value is -2.97. The van der Waals surface area contributed by atoms with E-state index in [1.807, 2.05) is 6.07 Å². The van der Waals surface area contributed by atoms with Crippen LogP contribution in [-0.4, -0.2) is 43.3 Å². The van der Waals surface area contributed by atoms with Crippen LogP contribution in [0.4, 0.5) is 0 Å². The second-order valence-corrected chi connectivity index (χ2v) is 7.70. The molecule has 1 aliphatic heterocycles. The van der Waals surface area contributed by atoms with Gasteiger partial charge in [-0.15, -0.1) is 0 Å². The third-order valence-corrected chi connectivity index (χ3v) is 5.48. The molecule has 142 valence electrons. The molecule has 0 bridgehead atoms. The van der Waals surface area contributed by atoms with E-state index < -0.39 is 23.9 Å². The Morgan fingerprint density at radius 3 is 2.29 bits per heavy atom. The van der Waals surface area contributed by atoms with Gasteiger partial charge in [-0.05, 0) is 29.3 Å². The van der Waals surface area contributed by atoms with Gasteiger partial charge in [-0.1, -0.05) is 66.4 Å². The van der Waals surface area contributed by atoms with E-state index in [0.29, 0.717) is 10.5 Å². The van der Waals surface area contributed by atoms with Crippen LogP contribution in [0.5, 0.6) is 0 Å². The second kappa shape index (κ2) is 8.37. The van der Waals surface area contributed by atoms with Gasteiger partial charge in [0.15, 0.2) is 0 Å². The van der Waals surface area contributed by atoms with Gasteiger partial charge in [0.25, 0.3) is 5.91 Å². The molecule has 0 spiro atoms. The van der Waals surface area contributed by atoms with E-state index in [1.165, 1.54) is 12.1 Å². The maximum absolute atomic E-state index is 12.8. The Bertz CT molecular complexity index is 970. The molecular formula is C20H15NO5S2. The molecule has 1 atom stereocenters. The number of carboxylic acid groups (broad SMARTS) is 2. The Kier molecular flexibility index (Phi) is 5.91. The van der Waals surface area contributed by atoms with Gasteiger partial charge in [-0.25, -0.2) is 9.59 Å². The molecule has 8 heteroatoms. The number of hydrogen-bond acceptors (Lipinski definition) is 5. The summed E-state index contributed by atoms with van der Waals surface area (Å²) in [6.07, 6.45) is 1.72. The first kappa shape index (κ1) is 19.8. The molecule has 1 aliphatic rings. The molecule has 2 aromatic rings. The highest BCUT2D eigenvalue weighted by atomic mass is 32.2. The van der Waals surface area contributed by atoms with Crippen LogP contribution in [0.3, 0.4) is 0 Å². The molecule has 1 fully saturated rings. The summed E-state index contributed by atoms with van der Waals surface area (Å²) in [5.41, 5.74) is 1.55. The molecule has 0 saturated carbocycles. The standard InChI is InChI=1S/C20H15NO5S2/c22-17-16(11-13-6-8-14(9-7-13)18(23)24)28-20(27)21(17)15(19(25)26)10-12-4-2-1-3-5-12/h1-9,11,15H,10H2,(H,23,24)(H,25,26)/b16-11-/t15-/m1/s1. The number of aromatic carboxylic acids is 1. The van der Waals surface area contributed by atoms with Gasteiger partial charge in [0.05, 0.1) is 10.5 Å². The summed E-state index contributed by atoms with van der Waals surface area (Å²) in [6.45, 7) is 0. The number of carbonyl (C=O) groups is 3. The molecule has 1 heterocycles. The number of carbonyl (C=O) groups excluding carboxylic acids is 1. The van der Waals surface area contributed by atoms with Gasteiger partial charge in [-0.2, -0.15) is 0 Å². The smallest absolute Gasteiger partial charge is 0.335 e. The Labute approximate surface area is 170 Å². The third-order valence-electron chi connectivity index (χ3n) is 4.15. The number of carboxylic acids is 2. The average molecular weight is 413 g/mol. The van der Waals surface area contributed by atoms with Crippen molar-refractivity contribution in [1.29, 1.82) is 0 Å². The molecule has 0 aliphatic carbocycles. The van der Waals surface area contributed by atoms with Crippen molar-refractivity contribution in [3.63, 3.8) is 0 Å². The predicted octanol–water partition coefficient (Wildman–Crippen LogP) is 3.28. The minimum Gasteiger partial charge on any atom is -0.480 e. The van der Waals surface area contributed by atoms with E-state index in [4.69, 9.17) is 17.3 Å². The van der Waals surface area contributed by atoms with E-state index in [2.05, 4.69) is 0 Å². The zero-order chi connectivity index (χ0) is 20.3. The van der Waals surface area contributed by atoms with Crippen molar-refractivity contribution in [2.75, 3.05) is 0 Å². The number of aliphatic carboxylic acids is 1. The number of thioether (sulfide) groups is 1. The summed E-state index contributed by atoms with van der Waals surface area (Å²) in [5.74, 6) is -2.64. The first-order valence-electron chi connectivity index (χ1n) is 8.24. The normalized spacial score (nSPS) is 16.4. The van der Waals surface area contributed by atoms with Crippen molar-refractivity contribution in [1.82, 2.24) is 4.90 Å². The zero-order valence-corrected chi connectivity index (χ0v) is 16.1. The van der Waals surface area contributed by atoms with Gasteiger partial charge in [0.1, 0.15) is 10.4 Å². The van der Waals surface area contributed by atoms with Crippen molar-refractivity contribution in [2.45, 2.75) is 12.5 Å². The summed E-state index contributed by atoms with van der Waals surface area (Å²) in [4.78, 5) is 37.0. The van der Waals surface area contributed by atoms with E-state index in [-0.39, 0.29) is 16.3 Å². The summed E-state index contributed by atoms with van der Waals surface area (Å²) >= 11 is 6.30. The third kappa shape index (κ3) is 4.29. The minimum absolute atomic E-state index is 0.138. The highest BCUT2D eigenvalue weighted by molar-refractivity contribution is 8.26. The Morgan fingerprint density at radius 2 is 1.71 bits per heavy atom. The van der Waals surface area contributed by atoms with Crippen LogP contribution < -0.4 is 0 Å². The van der Waals surface area contributed by atoms with Crippen molar-refractivity contribution in [3.8, 4) is 0 Å². The monoisotopic (exact) mass is 413 g/mol. The molecule has 3 rings (SSSR count). The predicted molar refractivity (Wildman–Crippen MR) is 110 cm³/mol. The first-order chi connectivity index (χ1) is 13.4. The van der Waals surface area contributed by atoms with Crippen LogP contribution in [0.2, 0.25) is 0 Å². The Morgan fingerprint density at radius 1 is 1.07 bits per heavy atom. The topological polar surface area (TPSA) is 94.9 Å². The van der Waals surface area contributed by atoms with Gasteiger partial charge in [0.2, 0.25) is 0 Å². The number of thiocarbonyl (C=S) groups is 1. The fourth-order valence-electron chi connectivity index (χ4n) is 2.75. The highest BCUT2D eigenvalue weighted by Crippen LogP contribution is 2.34. The number of amides is 1. The molecule has 2 aromatic carbocycles. The van der Waals surface area contributed by atoms with Crippen LogP contribution in [0, 0.1) is 0 Å². The van der Waals surface area contributed by atoms with Crippen LogP contribution in [0.1, 0.15) is 21.5 Å². The van der Waals surface area contributed by atoms with Gasteiger partial charge in [-0.3, -0.25) is 9.69 Å². The fraction of sp³-hybridized carbons (Fsp3) is 0.100. The van der Waals surface area contributed by atoms with Crippen LogP contribution in [0.15, 0.2) is 59.5 Å². The van der Waals surface area contributed by atoms with Gasteiger partial charge < -0.3 is 10.2 Å². The lowest BCUT2D eigenvalue weighted by atomic mass is 10.0. The summed E-state index contributed by atoms with van der Waals surface area (Å²) in [6, 6.07) is 14.0. The number of rotatable bonds is 6. The molecule has 28 heavy (non-hydrogen) atoms. The lowest BCUT2D eigenvalue weighted by Gasteiger charge is -2.23. The van der Waals surface area contributed by atoms with Gasteiger partial charge >= 0.3 is 11.9 Å². The average Bonchev–Trinajstić information content (AvgIpc) is 2.94. The lowest BCUT2D eigenvalue weighted by molar-refractivity contribution is -0.145. The Balaban J connectivity index is 1.85. The van der Waals surface area contributed by atoms with E-state index in [0.717, 1.165) is 22.2 Å². The fourth-order valence-corrected chi connectivity index (χ4v) is 4.10. The SMILES string of the molecule is O=C(O)c1ccc(/C=C2\SC(=S)N([C@H](Cc3ccccc3)C(=O)O)C2=O)cc1. The molecule has 1 saturated heterocycles. The first-order valence-corrected chi connectivity index (χ1v) is 9.46. The molecule has 0 aromatic heterocycles. The maximum Gasteiger partial charge on any atom is 0.335 e. The maximum atomic E-state index is 12.8.